The van der Waals surface area contributed by atoms with Crippen molar-refractivity contribution in [2.45, 2.75) is 4.90 Å². The van der Waals surface area contributed by atoms with E-state index in [2.05, 4.69) is 0 Å². The molecule has 0 aliphatic rings. The fraction of sp³-hybridized carbons (Fsp3) is 0.125. The number of sulfone groups is 1. The van der Waals surface area contributed by atoms with Crippen molar-refractivity contribution in [3.8, 4) is 0 Å². The fourth-order valence-electron chi connectivity index (χ4n) is 0.963. The van der Waals surface area contributed by atoms with Gasteiger partial charge in [-0.05, 0) is 24.3 Å². The van der Waals surface area contributed by atoms with Crippen molar-refractivity contribution in [3.05, 3.63) is 24.3 Å². The molecule has 1 aromatic rings. The first-order valence-electron chi connectivity index (χ1n) is 3.83. The van der Waals surface area contributed by atoms with Crippen LogP contribution in [0.5, 0.6) is 0 Å². The molecule has 0 saturated carbocycles. The van der Waals surface area contributed by atoms with Crippen LogP contribution in [0.15, 0.2) is 29.2 Å². The smallest absolute Gasteiger partial charge is 0.185 e. The predicted octanol–water partition coefficient (Wildman–Crippen LogP) is -0.0215. The van der Waals surface area contributed by atoms with Gasteiger partial charge in [0.25, 0.3) is 0 Å². The molecule has 0 atom stereocenters. The van der Waals surface area contributed by atoms with Crippen LogP contribution in [0, 0.1) is 5.41 Å². The zero-order chi connectivity index (χ0) is 10.8. The molecule has 0 saturated heterocycles. The molecule has 0 heterocycles. The molecule has 0 aromatic heterocycles. The highest BCUT2D eigenvalue weighted by Crippen LogP contribution is 2.12. The molecule has 0 radical (unpaired) electrons. The van der Waals surface area contributed by atoms with Gasteiger partial charge in [-0.15, -0.1) is 0 Å². The van der Waals surface area contributed by atoms with Gasteiger partial charge in [0.2, 0.25) is 0 Å². The number of amidine groups is 1. The third-order valence-electron chi connectivity index (χ3n) is 1.58. The maximum Gasteiger partial charge on any atom is 0.185 e. The minimum Gasteiger partial charge on any atom is -0.399 e. The number of benzene rings is 1. The molecule has 0 spiro atoms. The highest BCUT2D eigenvalue weighted by atomic mass is 32.2. The standard InChI is InChI=1S/C8H11N3O2S/c9-6-1-3-7(4-2-6)14(12,13)5-8(10)11/h1-4H,5,9H2,(H3,10,11). The molecule has 5 N–H and O–H groups in total. The summed E-state index contributed by atoms with van der Waals surface area (Å²) < 4.78 is 23.0. The molecule has 0 aliphatic heterocycles. The summed E-state index contributed by atoms with van der Waals surface area (Å²) in [6, 6.07) is 5.78. The second-order valence-electron chi connectivity index (χ2n) is 2.85. The number of hydrogen-bond acceptors (Lipinski definition) is 4. The van der Waals surface area contributed by atoms with Gasteiger partial charge in [-0.25, -0.2) is 8.42 Å². The first-order chi connectivity index (χ1) is 6.42. The van der Waals surface area contributed by atoms with Gasteiger partial charge in [-0.3, -0.25) is 5.41 Å². The van der Waals surface area contributed by atoms with Crippen LogP contribution in [-0.2, 0) is 9.84 Å². The minimum absolute atomic E-state index is 0.127. The van der Waals surface area contributed by atoms with Gasteiger partial charge in [0.15, 0.2) is 9.84 Å². The minimum atomic E-state index is -3.48. The summed E-state index contributed by atoms with van der Waals surface area (Å²) in [6.45, 7) is 0. The van der Waals surface area contributed by atoms with E-state index in [1.807, 2.05) is 0 Å². The average molecular weight is 213 g/mol. The Kier molecular flexibility index (Phi) is 2.76. The van der Waals surface area contributed by atoms with E-state index < -0.39 is 15.6 Å². The molecule has 6 heteroatoms. The molecule has 1 rings (SSSR count). The largest absolute Gasteiger partial charge is 0.399 e. The highest BCUT2D eigenvalue weighted by molar-refractivity contribution is 7.92. The lowest BCUT2D eigenvalue weighted by atomic mass is 10.3. The summed E-state index contributed by atoms with van der Waals surface area (Å²) in [5.74, 6) is -0.835. The van der Waals surface area contributed by atoms with Gasteiger partial charge in [0, 0.05) is 5.69 Å². The van der Waals surface area contributed by atoms with Crippen LogP contribution >= 0.6 is 0 Å². The van der Waals surface area contributed by atoms with Crippen LogP contribution in [0.4, 0.5) is 5.69 Å². The number of rotatable bonds is 3. The summed E-state index contributed by atoms with van der Waals surface area (Å²) in [5, 5.41) is 6.92. The van der Waals surface area contributed by atoms with E-state index in [1.54, 1.807) is 0 Å². The van der Waals surface area contributed by atoms with E-state index in [0.29, 0.717) is 5.69 Å². The molecule has 5 nitrogen and oxygen atoms in total. The monoisotopic (exact) mass is 213 g/mol. The van der Waals surface area contributed by atoms with Gasteiger partial charge in [0.05, 0.1) is 4.90 Å². The van der Waals surface area contributed by atoms with E-state index in [4.69, 9.17) is 16.9 Å². The zero-order valence-corrected chi connectivity index (χ0v) is 8.21. The Morgan fingerprint density at radius 2 is 1.79 bits per heavy atom. The molecule has 0 aliphatic carbocycles. The van der Waals surface area contributed by atoms with Crippen molar-refractivity contribution >= 4 is 21.4 Å². The first kappa shape index (κ1) is 10.5. The van der Waals surface area contributed by atoms with Crippen molar-refractivity contribution < 1.29 is 8.42 Å². The molecule has 0 unspecified atom stereocenters. The van der Waals surface area contributed by atoms with Gasteiger partial charge in [0.1, 0.15) is 11.6 Å². The van der Waals surface area contributed by atoms with Gasteiger partial charge in [-0.2, -0.15) is 0 Å². The molecule has 0 bridgehead atoms. The van der Waals surface area contributed by atoms with Crippen LogP contribution in [0.25, 0.3) is 0 Å². The maximum atomic E-state index is 11.5. The van der Waals surface area contributed by atoms with E-state index in [1.165, 1.54) is 24.3 Å². The first-order valence-corrected chi connectivity index (χ1v) is 5.48. The lowest BCUT2D eigenvalue weighted by molar-refractivity contribution is 0.600. The van der Waals surface area contributed by atoms with Crippen molar-refractivity contribution in [1.82, 2.24) is 0 Å². The van der Waals surface area contributed by atoms with Gasteiger partial charge >= 0.3 is 0 Å². The molecule has 76 valence electrons. The lowest BCUT2D eigenvalue weighted by Crippen LogP contribution is -2.22. The molecular formula is C8H11N3O2S. The highest BCUT2D eigenvalue weighted by Gasteiger charge is 2.14. The lowest BCUT2D eigenvalue weighted by Gasteiger charge is -2.02. The average Bonchev–Trinajstić information content (AvgIpc) is 2.02. The van der Waals surface area contributed by atoms with Crippen LogP contribution in [0.2, 0.25) is 0 Å². The Hall–Kier alpha value is -1.56. The molecule has 1 aromatic carbocycles. The van der Waals surface area contributed by atoms with E-state index in [-0.39, 0.29) is 10.7 Å². The summed E-state index contributed by atoms with van der Waals surface area (Å²) in [4.78, 5) is 0.127. The van der Waals surface area contributed by atoms with Gasteiger partial charge in [-0.1, -0.05) is 0 Å². The van der Waals surface area contributed by atoms with Crippen molar-refractivity contribution in [2.75, 3.05) is 11.5 Å². The predicted molar refractivity (Wildman–Crippen MR) is 54.8 cm³/mol. The van der Waals surface area contributed by atoms with Crippen LogP contribution < -0.4 is 11.5 Å². The maximum absolute atomic E-state index is 11.5. The topological polar surface area (TPSA) is 110 Å². The van der Waals surface area contributed by atoms with Gasteiger partial charge < -0.3 is 11.5 Å². The van der Waals surface area contributed by atoms with Crippen LogP contribution in [0.3, 0.4) is 0 Å². The van der Waals surface area contributed by atoms with Crippen LogP contribution in [0.1, 0.15) is 0 Å². The number of nitrogen functional groups attached to an aromatic ring is 1. The summed E-state index contributed by atoms with van der Waals surface area (Å²) in [7, 11) is -3.48. The second-order valence-corrected chi connectivity index (χ2v) is 4.84. The quantitative estimate of drug-likeness (QED) is 0.372. The Labute approximate surface area is 82.2 Å². The van der Waals surface area contributed by atoms with E-state index in [0.717, 1.165) is 0 Å². The summed E-state index contributed by atoms with van der Waals surface area (Å²) >= 11 is 0. The number of anilines is 1. The fourth-order valence-corrected chi connectivity index (χ4v) is 2.09. The molecular weight excluding hydrogens is 202 g/mol. The van der Waals surface area contributed by atoms with Crippen molar-refractivity contribution in [3.63, 3.8) is 0 Å². The number of nitrogens with one attached hydrogen (secondary N) is 1. The van der Waals surface area contributed by atoms with Crippen molar-refractivity contribution in [1.29, 1.82) is 5.41 Å². The van der Waals surface area contributed by atoms with E-state index in [9.17, 15) is 8.42 Å². The SMILES string of the molecule is N=C(N)CS(=O)(=O)c1ccc(N)cc1. The number of nitrogens with two attached hydrogens (primary N) is 2. The Balaban J connectivity index is 3.05. The molecule has 0 fully saturated rings. The Bertz CT molecular complexity index is 436. The van der Waals surface area contributed by atoms with Crippen molar-refractivity contribution in [2.24, 2.45) is 5.73 Å². The number of hydrogen-bond donors (Lipinski definition) is 3. The summed E-state index contributed by atoms with van der Waals surface area (Å²) in [6.07, 6.45) is 0. The Morgan fingerprint density at radius 3 is 2.21 bits per heavy atom. The molecule has 14 heavy (non-hydrogen) atoms. The third-order valence-corrected chi connectivity index (χ3v) is 3.27. The zero-order valence-electron chi connectivity index (χ0n) is 7.40. The summed E-state index contributed by atoms with van der Waals surface area (Å²) in [5.41, 5.74) is 10.9. The third kappa shape index (κ3) is 2.46. The van der Waals surface area contributed by atoms with Crippen LogP contribution in [-0.4, -0.2) is 20.0 Å². The second kappa shape index (κ2) is 3.67. The van der Waals surface area contributed by atoms with E-state index >= 15 is 0 Å². The molecule has 0 amide bonds. The Morgan fingerprint density at radius 1 is 1.29 bits per heavy atom. The normalized spacial score (nSPS) is 11.1.